The molecule has 0 bridgehead atoms. The number of rotatable bonds is 10. The van der Waals surface area contributed by atoms with Crippen molar-refractivity contribution in [2.24, 2.45) is 0 Å². The van der Waals surface area contributed by atoms with Crippen LogP contribution in [0.4, 0.5) is 0 Å². The third-order valence-electron chi connectivity index (χ3n) is 5.86. The largest absolute Gasteiger partial charge is 0.490 e. The molecule has 2 unspecified atom stereocenters. The maximum absolute atomic E-state index is 6.20. The molecular formula is C24H26Br4O5. The van der Waals surface area contributed by atoms with Crippen LogP contribution in [0.3, 0.4) is 0 Å². The maximum atomic E-state index is 6.20. The second kappa shape index (κ2) is 10.8. The summed E-state index contributed by atoms with van der Waals surface area (Å²) in [6.45, 7) is 11.8. The van der Waals surface area contributed by atoms with E-state index in [4.69, 9.17) is 23.7 Å². The van der Waals surface area contributed by atoms with Crippen LogP contribution in [0.2, 0.25) is 0 Å². The summed E-state index contributed by atoms with van der Waals surface area (Å²) in [5.74, 6) is 1.77. The van der Waals surface area contributed by atoms with Gasteiger partial charge in [0, 0.05) is 51.3 Å². The van der Waals surface area contributed by atoms with Gasteiger partial charge in [0.25, 0.3) is 0 Å². The molecule has 2 aliphatic rings. The quantitative estimate of drug-likeness (QED) is 0.243. The van der Waals surface area contributed by atoms with Gasteiger partial charge in [0.2, 0.25) is 0 Å². The summed E-state index contributed by atoms with van der Waals surface area (Å²) in [5, 5.41) is 0. The molecule has 2 heterocycles. The van der Waals surface area contributed by atoms with E-state index in [0.717, 1.165) is 76.0 Å². The molecule has 0 saturated carbocycles. The molecule has 9 heteroatoms. The van der Waals surface area contributed by atoms with Gasteiger partial charge in [-0.15, -0.1) is 0 Å². The highest BCUT2D eigenvalue weighted by Crippen LogP contribution is 2.42. The van der Waals surface area contributed by atoms with E-state index in [-0.39, 0.29) is 12.2 Å². The van der Waals surface area contributed by atoms with Crippen molar-refractivity contribution in [3.63, 3.8) is 0 Å². The first kappa shape index (κ1) is 25.9. The Kier molecular flexibility index (Phi) is 8.52. The van der Waals surface area contributed by atoms with Gasteiger partial charge >= 0.3 is 0 Å². The van der Waals surface area contributed by atoms with Gasteiger partial charge in [-0.05, 0) is 91.4 Å². The van der Waals surface area contributed by atoms with Crippen LogP contribution < -0.4 is 9.47 Å². The molecule has 2 saturated heterocycles. The minimum Gasteiger partial charge on any atom is -0.490 e. The van der Waals surface area contributed by atoms with E-state index in [0.29, 0.717) is 26.4 Å². The zero-order valence-electron chi connectivity index (χ0n) is 19.0. The van der Waals surface area contributed by atoms with Crippen LogP contribution in [0.15, 0.2) is 17.9 Å². The molecule has 2 aromatic rings. The Labute approximate surface area is 228 Å². The highest BCUT2D eigenvalue weighted by atomic mass is 79.9. The highest BCUT2D eigenvalue weighted by Gasteiger charge is 2.27. The number of ether oxygens (including phenoxy) is 5. The fourth-order valence-corrected chi connectivity index (χ4v) is 6.19. The van der Waals surface area contributed by atoms with Gasteiger partial charge < -0.3 is 23.7 Å². The summed E-state index contributed by atoms with van der Waals surface area (Å²) in [5.41, 5.74) is 6.36. The molecule has 4 rings (SSSR count). The molecule has 180 valence electrons. The number of hydrogen-bond donors (Lipinski definition) is 0. The van der Waals surface area contributed by atoms with E-state index < -0.39 is 0 Å². The van der Waals surface area contributed by atoms with E-state index in [1.807, 2.05) is 0 Å². The van der Waals surface area contributed by atoms with Crippen molar-refractivity contribution >= 4 is 63.7 Å². The first-order valence-electron chi connectivity index (χ1n) is 10.7. The molecule has 2 fully saturated rings. The zero-order chi connectivity index (χ0) is 23.9. The molecule has 0 N–H and O–H groups in total. The van der Waals surface area contributed by atoms with Gasteiger partial charge in [0.05, 0.1) is 26.4 Å². The average Bonchev–Trinajstić information content (AvgIpc) is 3.70. The van der Waals surface area contributed by atoms with E-state index in [9.17, 15) is 0 Å². The Morgan fingerprint density at radius 1 is 0.636 bits per heavy atom. The third kappa shape index (κ3) is 5.81. The predicted molar refractivity (Wildman–Crippen MR) is 142 cm³/mol. The first-order chi connectivity index (χ1) is 15.7. The second-order valence-corrected chi connectivity index (χ2v) is 11.6. The molecule has 0 radical (unpaired) electrons. The molecule has 2 aliphatic heterocycles. The smallest absolute Gasteiger partial charge is 0.127 e. The first-order valence-corrected chi connectivity index (χ1v) is 13.9. The minimum atomic E-state index is 0.215. The van der Waals surface area contributed by atoms with Crippen molar-refractivity contribution < 1.29 is 23.7 Å². The Morgan fingerprint density at radius 2 is 0.939 bits per heavy atom. The molecule has 33 heavy (non-hydrogen) atoms. The Bertz CT molecular complexity index is 922. The highest BCUT2D eigenvalue weighted by molar-refractivity contribution is 9.11. The number of epoxide rings is 2. The maximum Gasteiger partial charge on any atom is 0.127 e. The third-order valence-corrected chi connectivity index (χ3v) is 10.2. The van der Waals surface area contributed by atoms with E-state index in [2.05, 4.69) is 91.4 Å². The van der Waals surface area contributed by atoms with Crippen molar-refractivity contribution in [1.29, 1.82) is 0 Å². The molecule has 0 aliphatic carbocycles. The summed E-state index contributed by atoms with van der Waals surface area (Å²) >= 11 is 15.0. The summed E-state index contributed by atoms with van der Waals surface area (Å²) < 4.78 is 32.8. The van der Waals surface area contributed by atoms with Crippen molar-refractivity contribution in [2.45, 2.75) is 53.1 Å². The van der Waals surface area contributed by atoms with Crippen molar-refractivity contribution in [3.05, 3.63) is 51.3 Å². The fraction of sp³-hybridized carbons (Fsp3) is 0.500. The van der Waals surface area contributed by atoms with Gasteiger partial charge in [-0.25, -0.2) is 0 Å². The van der Waals surface area contributed by atoms with Gasteiger partial charge in [-0.2, -0.15) is 0 Å². The fourth-order valence-electron chi connectivity index (χ4n) is 3.68. The van der Waals surface area contributed by atoms with Crippen molar-refractivity contribution in [2.75, 3.05) is 26.4 Å². The number of halogens is 4. The summed E-state index contributed by atoms with van der Waals surface area (Å²) in [6, 6.07) is 0. The van der Waals surface area contributed by atoms with Gasteiger partial charge in [0.1, 0.15) is 36.9 Å². The molecule has 2 aromatic carbocycles. The number of hydrogen-bond acceptors (Lipinski definition) is 5. The summed E-state index contributed by atoms with van der Waals surface area (Å²) in [6.07, 6.45) is 0.430. The van der Waals surface area contributed by atoms with Crippen LogP contribution in [-0.2, 0) is 27.4 Å². The topological polar surface area (TPSA) is 52.8 Å². The zero-order valence-corrected chi connectivity index (χ0v) is 25.3. The van der Waals surface area contributed by atoms with Crippen LogP contribution in [0.25, 0.3) is 0 Å². The summed E-state index contributed by atoms with van der Waals surface area (Å²) in [7, 11) is 0. The van der Waals surface area contributed by atoms with E-state index in [1.165, 1.54) is 0 Å². The van der Waals surface area contributed by atoms with Crippen molar-refractivity contribution in [1.82, 2.24) is 0 Å². The molecule has 5 nitrogen and oxygen atoms in total. The van der Waals surface area contributed by atoms with Crippen molar-refractivity contribution in [3.8, 4) is 11.5 Å². The normalized spacial score (nSPS) is 19.0. The molecular weight excluding hydrogens is 688 g/mol. The van der Waals surface area contributed by atoms with Crippen LogP contribution >= 0.6 is 63.7 Å². The Hall–Kier alpha value is -0.160. The summed E-state index contributed by atoms with van der Waals surface area (Å²) in [4.78, 5) is 0. The lowest BCUT2D eigenvalue weighted by Gasteiger charge is -2.20. The SMILES string of the molecule is Cc1c(Br)c(COCc2c(Br)c(C)c(OCC3CO3)c(C)c2Br)c(Br)c(C)c1OCC1CO1. The number of benzene rings is 2. The monoisotopic (exact) mass is 710 g/mol. The van der Waals surface area contributed by atoms with Crippen LogP contribution in [0, 0.1) is 27.7 Å². The average molecular weight is 714 g/mol. The Balaban J connectivity index is 1.48. The lowest BCUT2D eigenvalue weighted by Crippen LogP contribution is -2.09. The van der Waals surface area contributed by atoms with Gasteiger partial charge in [0.15, 0.2) is 0 Å². The minimum absolute atomic E-state index is 0.215. The molecule has 0 amide bonds. The molecule has 0 spiro atoms. The van der Waals surface area contributed by atoms with Crippen LogP contribution in [0.1, 0.15) is 33.4 Å². The predicted octanol–water partition coefficient (Wildman–Crippen LogP) is 7.24. The lowest BCUT2D eigenvalue weighted by atomic mass is 10.1. The van der Waals surface area contributed by atoms with E-state index >= 15 is 0 Å². The standard InChI is InChI=1S/C24H26Br4O5/c1-11-19(25)17(20(26)12(2)23(11)32-7-15-5-30-15)9-29-10-18-21(27)13(3)24(14(4)22(18)28)33-8-16-6-31-16/h15-16H,5-10H2,1-4H3. The van der Waals surface area contributed by atoms with Gasteiger partial charge in [-0.3, -0.25) is 0 Å². The van der Waals surface area contributed by atoms with Crippen LogP contribution in [0.5, 0.6) is 11.5 Å². The van der Waals surface area contributed by atoms with E-state index in [1.54, 1.807) is 0 Å². The lowest BCUT2D eigenvalue weighted by molar-refractivity contribution is 0.105. The second-order valence-electron chi connectivity index (χ2n) is 8.40. The van der Waals surface area contributed by atoms with Crippen LogP contribution in [-0.4, -0.2) is 38.6 Å². The van der Waals surface area contributed by atoms with Gasteiger partial charge in [-0.1, -0.05) is 0 Å². The molecule has 0 aromatic heterocycles. The molecule has 2 atom stereocenters. The Morgan fingerprint density at radius 3 is 1.21 bits per heavy atom.